The van der Waals surface area contributed by atoms with Gasteiger partial charge >= 0.3 is 0 Å². The van der Waals surface area contributed by atoms with Gasteiger partial charge in [0.2, 0.25) is 0 Å². The van der Waals surface area contributed by atoms with Crippen LogP contribution in [0.3, 0.4) is 0 Å². The lowest BCUT2D eigenvalue weighted by molar-refractivity contribution is 0.103. The number of benzene rings is 10. The minimum atomic E-state index is -0.301. The Labute approximate surface area is 388 Å². The Balaban J connectivity index is 1.19. The van der Waals surface area contributed by atoms with Gasteiger partial charge in [-0.25, -0.2) is 0 Å². The average Bonchev–Trinajstić information content (AvgIpc) is 3.37. The topological polar surface area (TPSA) is 68.3 Å². The maximum absolute atomic E-state index is 14.8. The van der Waals surface area contributed by atoms with E-state index in [4.69, 9.17) is 0 Å². The smallest absolute Gasteiger partial charge is 0.197 e. The molecule has 0 fully saturated rings. The van der Waals surface area contributed by atoms with Crippen LogP contribution in [0, 0.1) is 48.5 Å². The quantitative estimate of drug-likeness (QED) is 0.142. The molecule has 0 saturated carbocycles. The van der Waals surface area contributed by atoms with Gasteiger partial charge in [0.15, 0.2) is 22.4 Å². The third kappa shape index (κ3) is 5.90. The molecule has 0 unspecified atom stereocenters. The fraction of sp³-hybridized carbons (Fsp3) is 0. The lowest BCUT2D eigenvalue weighted by Gasteiger charge is -2.10. The van der Waals surface area contributed by atoms with Gasteiger partial charge in [-0.05, 0) is 116 Å². The molecule has 0 saturated heterocycles. The van der Waals surface area contributed by atoms with Gasteiger partial charge in [-0.15, -0.1) is 0 Å². The molecule has 0 heterocycles. The van der Waals surface area contributed by atoms with Crippen LogP contribution in [0.4, 0.5) is 0 Å². The van der Waals surface area contributed by atoms with Crippen LogP contribution in [0.5, 0.6) is 0 Å². The van der Waals surface area contributed by atoms with E-state index in [2.05, 4.69) is 72.8 Å². The van der Waals surface area contributed by atoms with Crippen molar-refractivity contribution in [1.29, 1.82) is 0 Å². The van der Waals surface area contributed by atoms with Gasteiger partial charge in [0.05, 0.1) is 0 Å². The summed E-state index contributed by atoms with van der Waals surface area (Å²) in [6.07, 6.45) is 0. The molecule has 8 bridgehead atoms. The molecule has 11 aromatic rings. The first-order chi connectivity index (χ1) is 33.4. The molecular formula is C64H28O4. The Bertz CT molecular complexity index is 4020. The van der Waals surface area contributed by atoms with Crippen molar-refractivity contribution in [2.24, 2.45) is 0 Å². The predicted octanol–water partition coefficient (Wildman–Crippen LogP) is 13.4. The molecule has 0 spiro atoms. The van der Waals surface area contributed by atoms with Crippen LogP contribution in [-0.2, 0) is 0 Å². The number of ketones is 2. The van der Waals surface area contributed by atoms with E-state index < -0.39 is 0 Å². The Morgan fingerprint density at radius 1 is 0.235 bits per heavy atom. The van der Waals surface area contributed by atoms with Crippen molar-refractivity contribution in [3.05, 3.63) is 261 Å². The zero-order chi connectivity index (χ0) is 45.6. The highest BCUT2D eigenvalue weighted by molar-refractivity contribution is 6.26. The maximum atomic E-state index is 14.8. The largest absolute Gasteiger partial charge is 0.289 e. The number of rotatable bonds is 0. The van der Waals surface area contributed by atoms with Crippen LogP contribution < -0.4 is 10.9 Å². The highest BCUT2D eigenvalue weighted by Gasteiger charge is 2.24. The van der Waals surface area contributed by atoms with Gasteiger partial charge < -0.3 is 0 Å². The molecule has 0 aliphatic heterocycles. The minimum absolute atomic E-state index is 0.253. The van der Waals surface area contributed by atoms with Gasteiger partial charge in [-0.2, -0.15) is 0 Å². The fourth-order valence-electron chi connectivity index (χ4n) is 9.98. The van der Waals surface area contributed by atoms with Crippen molar-refractivity contribution in [3.8, 4) is 0 Å². The predicted molar refractivity (Wildman–Crippen MR) is 273 cm³/mol. The summed E-state index contributed by atoms with van der Waals surface area (Å²) < 4.78 is 0. The molecule has 0 atom stereocenters. The van der Waals surface area contributed by atoms with Gasteiger partial charge in [0.25, 0.3) is 0 Å². The van der Waals surface area contributed by atoms with Crippen molar-refractivity contribution < 1.29 is 9.59 Å². The first-order valence-corrected chi connectivity index (χ1v) is 22.1. The summed E-state index contributed by atoms with van der Waals surface area (Å²) in [6.45, 7) is 0. The van der Waals surface area contributed by atoms with E-state index in [0.29, 0.717) is 43.8 Å². The lowest BCUT2D eigenvalue weighted by Crippen LogP contribution is -2.16. The summed E-state index contributed by atoms with van der Waals surface area (Å²) in [4.78, 5) is 58.0. The molecule has 0 N–H and O–H groups in total. The molecule has 2 aliphatic carbocycles. The van der Waals surface area contributed by atoms with Gasteiger partial charge in [-0.1, -0.05) is 146 Å². The van der Waals surface area contributed by atoms with Crippen LogP contribution in [0.15, 0.2) is 179 Å². The molecule has 0 aromatic heterocycles. The van der Waals surface area contributed by atoms with E-state index >= 15 is 0 Å². The van der Waals surface area contributed by atoms with E-state index in [1.807, 2.05) is 72.8 Å². The Morgan fingerprint density at radius 2 is 0.456 bits per heavy atom. The Morgan fingerprint density at radius 3 is 0.721 bits per heavy atom. The van der Waals surface area contributed by atoms with E-state index in [-0.39, 0.29) is 44.0 Å². The van der Waals surface area contributed by atoms with Crippen LogP contribution in [0.2, 0.25) is 0 Å². The second-order valence-corrected chi connectivity index (χ2v) is 17.0. The third-order valence-electron chi connectivity index (χ3n) is 13.2. The van der Waals surface area contributed by atoms with Gasteiger partial charge in [0, 0.05) is 86.9 Å². The molecule has 0 amide bonds. The molecule has 2 aliphatic rings. The second-order valence-electron chi connectivity index (χ2n) is 17.0. The summed E-state index contributed by atoms with van der Waals surface area (Å²) in [5.41, 5.74) is 0.623. The summed E-state index contributed by atoms with van der Waals surface area (Å²) >= 11 is 0. The molecule has 11 aromatic carbocycles. The lowest BCUT2D eigenvalue weighted by atomic mass is 9.90. The molecule has 68 heavy (non-hydrogen) atoms. The van der Waals surface area contributed by atoms with E-state index in [1.54, 1.807) is 72.8 Å². The summed E-state index contributed by atoms with van der Waals surface area (Å²) in [5, 5.41) is 13.1. The molecule has 0 radical (unpaired) electrons. The van der Waals surface area contributed by atoms with Crippen LogP contribution >= 0.6 is 0 Å². The Kier molecular flexibility index (Phi) is 8.43. The third-order valence-corrected chi connectivity index (χ3v) is 13.2. The van der Waals surface area contributed by atoms with E-state index in [1.165, 1.54) is 0 Å². The van der Waals surface area contributed by atoms with Crippen LogP contribution in [0.25, 0.3) is 108 Å². The molecule has 13 rings (SSSR count). The molecule has 4 nitrogen and oxygen atoms in total. The second kappa shape index (κ2) is 14.9. The number of carbonyl (C=O) groups is 2. The van der Waals surface area contributed by atoms with Crippen LogP contribution in [-0.4, -0.2) is 11.6 Å². The highest BCUT2D eigenvalue weighted by Crippen LogP contribution is 2.31. The zero-order valence-electron chi connectivity index (χ0n) is 35.8. The number of hydrogen-bond donors (Lipinski definition) is 0. The number of hydrogen-bond acceptors (Lipinski definition) is 4. The fourth-order valence-corrected chi connectivity index (χ4v) is 9.98. The standard InChI is InChI=1S/C64H28O4/c65-61-49-21-5-13-41-29-25-37-9-1-17-45-33-46-18-2-10-38(54(46)35-53(37)45)26-30-42-14-6-23-51-59(42)64(68)60-44(16-8-24-52(60)62(51)66)32-28-40-12-4-20-48-34-47-19-3-11-39(55(47)36-56(40)48)27-31-43-15-7-22-50(61)58(43)63(67)57(41)49/h1-24,33-36H. The van der Waals surface area contributed by atoms with E-state index in [0.717, 1.165) is 64.6 Å². The van der Waals surface area contributed by atoms with Crippen LogP contribution in [0.1, 0.15) is 31.8 Å². The monoisotopic (exact) mass is 860 g/mol. The normalized spacial score (nSPS) is 11.8. The first-order valence-electron chi connectivity index (χ1n) is 22.1. The zero-order valence-corrected chi connectivity index (χ0v) is 35.8. The minimum Gasteiger partial charge on any atom is -0.289 e. The first kappa shape index (κ1) is 38.6. The van der Waals surface area contributed by atoms with Crippen molar-refractivity contribution in [2.75, 3.05) is 0 Å². The SMILES string of the molecule is O=C1c2cccc3c#cc4cccc5cc6cccc(c#cc7cccc8c7c(=O)c7c(cccc7c#cc7cccc9cc%10cccc(c#cc%11cccc1c%11c(=O)c23)c%10cc79)C8=O)c6cc45. The summed E-state index contributed by atoms with van der Waals surface area (Å²) in [7, 11) is 0. The summed E-state index contributed by atoms with van der Waals surface area (Å²) in [6, 6.07) is 79.4. The average molecular weight is 861 g/mol. The highest BCUT2D eigenvalue weighted by atomic mass is 16.1. The number of carbonyl (C=O) groups excluding carboxylic acids is 2. The molecular weight excluding hydrogens is 833 g/mol. The maximum Gasteiger partial charge on any atom is 0.197 e. The Hall–Kier alpha value is -9.84. The van der Waals surface area contributed by atoms with Crippen molar-refractivity contribution >= 4 is 119 Å². The van der Waals surface area contributed by atoms with Crippen molar-refractivity contribution in [2.45, 2.75) is 0 Å². The van der Waals surface area contributed by atoms with Crippen molar-refractivity contribution in [3.63, 3.8) is 0 Å². The molecule has 4 heteroatoms. The summed E-state index contributed by atoms with van der Waals surface area (Å²) in [5.74, 6) is -0.506. The van der Waals surface area contributed by atoms with Gasteiger partial charge in [-0.3, -0.25) is 19.2 Å². The van der Waals surface area contributed by atoms with E-state index in [9.17, 15) is 19.2 Å². The van der Waals surface area contributed by atoms with Crippen molar-refractivity contribution in [1.82, 2.24) is 0 Å². The molecule has 308 valence electrons. The van der Waals surface area contributed by atoms with Gasteiger partial charge in [0.1, 0.15) is 0 Å².